The zero-order valence-electron chi connectivity index (χ0n) is 14.2. The number of aromatic hydroxyl groups is 3. The Morgan fingerprint density at radius 1 is 0.862 bits per heavy atom. The SMILES string of the molecule is BrB(Br)Br.COc1cc(C(=O)O)cc(Cl)c1O.O=C(O)c1cc(O)c(O)c(Cl)c1. The quantitative estimate of drug-likeness (QED) is 0.223. The van der Waals surface area contributed by atoms with Gasteiger partial charge in [-0.15, -0.1) is 47.3 Å². The lowest BCUT2D eigenvalue weighted by Crippen LogP contribution is -1.97. The van der Waals surface area contributed by atoms with Crippen LogP contribution in [0.5, 0.6) is 23.0 Å². The highest BCUT2D eigenvalue weighted by molar-refractivity contribution is 9.69. The van der Waals surface area contributed by atoms with E-state index >= 15 is 0 Å². The molecule has 0 bridgehead atoms. The minimum atomic E-state index is -1.22. The molecule has 0 aliphatic carbocycles. The van der Waals surface area contributed by atoms with E-state index in [-0.39, 0.29) is 35.9 Å². The van der Waals surface area contributed by atoms with Crippen molar-refractivity contribution in [2.24, 2.45) is 0 Å². The number of rotatable bonds is 3. The second-order valence-electron chi connectivity index (χ2n) is 4.69. The Kier molecular flexibility index (Phi) is 12.5. The minimum absolute atomic E-state index is 0.0281. The van der Waals surface area contributed by atoms with Gasteiger partial charge in [-0.05, 0) is 24.3 Å². The largest absolute Gasteiger partial charge is 0.504 e. The van der Waals surface area contributed by atoms with Gasteiger partial charge in [-0.25, -0.2) is 9.59 Å². The van der Waals surface area contributed by atoms with Crippen molar-refractivity contribution in [3.63, 3.8) is 0 Å². The van der Waals surface area contributed by atoms with Gasteiger partial charge in [0.1, 0.15) is 0 Å². The number of hydrogen-bond donors (Lipinski definition) is 5. The van der Waals surface area contributed by atoms with Crippen molar-refractivity contribution in [1.29, 1.82) is 0 Å². The zero-order chi connectivity index (χ0) is 22.9. The van der Waals surface area contributed by atoms with E-state index in [9.17, 15) is 14.7 Å². The monoisotopic (exact) mass is 638 g/mol. The number of hydrogen-bond acceptors (Lipinski definition) is 6. The summed E-state index contributed by atoms with van der Waals surface area (Å²) in [6.45, 7) is 0. The molecule has 0 spiro atoms. The van der Waals surface area contributed by atoms with Crippen LogP contribution in [0.1, 0.15) is 20.7 Å². The molecular weight excluding hydrogens is 630 g/mol. The molecule has 0 saturated carbocycles. The van der Waals surface area contributed by atoms with Gasteiger partial charge in [0, 0.05) is 0 Å². The number of phenols is 3. The summed E-state index contributed by atoms with van der Waals surface area (Å²) in [5.41, 5.74) is -0.199. The Bertz CT molecular complexity index is 857. The van der Waals surface area contributed by atoms with Gasteiger partial charge in [-0.3, -0.25) is 0 Å². The molecule has 0 aromatic heterocycles. The number of phenolic OH excluding ortho intramolecular Hbond substituents is 3. The van der Waals surface area contributed by atoms with E-state index in [4.69, 9.17) is 48.4 Å². The van der Waals surface area contributed by atoms with E-state index in [2.05, 4.69) is 47.3 Å². The number of carbonyl (C=O) groups is 2. The molecule has 0 atom stereocenters. The number of carboxylic acids is 2. The molecule has 0 unspecified atom stereocenters. The van der Waals surface area contributed by atoms with Crippen LogP contribution in [-0.2, 0) is 0 Å². The first-order chi connectivity index (χ1) is 13.3. The molecule has 29 heavy (non-hydrogen) atoms. The summed E-state index contributed by atoms with van der Waals surface area (Å²) in [5.74, 6) is -3.60. The summed E-state index contributed by atoms with van der Waals surface area (Å²) in [6.07, 6.45) is 0. The maximum absolute atomic E-state index is 10.5. The number of ether oxygens (including phenoxy) is 1. The molecule has 0 radical (unpaired) electrons. The predicted octanol–water partition coefficient (Wildman–Crippen LogP) is 5.36. The summed E-state index contributed by atoms with van der Waals surface area (Å²) in [5, 5.41) is 44.0. The van der Waals surface area contributed by atoms with Gasteiger partial charge >= 0.3 is 15.1 Å². The van der Waals surface area contributed by atoms with Crippen molar-refractivity contribution in [2.75, 3.05) is 7.11 Å². The molecular formula is C15H12BBr3Cl2O8. The molecule has 158 valence electrons. The first-order valence-corrected chi connectivity index (χ1v) is 10.5. The van der Waals surface area contributed by atoms with E-state index in [1.807, 2.05) is 0 Å². The average Bonchev–Trinajstić information content (AvgIpc) is 2.61. The fraction of sp³-hybridized carbons (Fsp3) is 0.0667. The van der Waals surface area contributed by atoms with Gasteiger partial charge in [0.05, 0.1) is 28.3 Å². The van der Waals surface area contributed by atoms with E-state index in [1.54, 1.807) is 0 Å². The van der Waals surface area contributed by atoms with Crippen molar-refractivity contribution in [3.8, 4) is 23.0 Å². The summed E-state index contributed by atoms with van der Waals surface area (Å²) < 4.78 is 4.99. The summed E-state index contributed by atoms with van der Waals surface area (Å²) in [6, 6.07) is 4.33. The molecule has 2 aromatic carbocycles. The highest BCUT2D eigenvalue weighted by Crippen LogP contribution is 2.35. The number of methoxy groups -OCH3 is 1. The molecule has 2 aromatic rings. The van der Waals surface area contributed by atoms with Crippen LogP contribution in [0.2, 0.25) is 10.0 Å². The van der Waals surface area contributed by atoms with E-state index < -0.39 is 23.4 Å². The number of aromatic carboxylic acids is 2. The molecule has 0 heterocycles. The Labute approximate surface area is 200 Å². The summed E-state index contributed by atoms with van der Waals surface area (Å²) >= 11 is 20.3. The van der Waals surface area contributed by atoms with Crippen LogP contribution in [0, 0.1) is 0 Å². The van der Waals surface area contributed by atoms with Gasteiger partial charge in [0.15, 0.2) is 23.0 Å². The Balaban J connectivity index is 0.000000459. The van der Waals surface area contributed by atoms with Gasteiger partial charge in [-0.2, -0.15) is 0 Å². The maximum atomic E-state index is 10.5. The van der Waals surface area contributed by atoms with Crippen LogP contribution in [0.15, 0.2) is 24.3 Å². The van der Waals surface area contributed by atoms with Crippen LogP contribution < -0.4 is 4.74 Å². The maximum Gasteiger partial charge on any atom is 0.369 e. The molecule has 2 rings (SSSR count). The van der Waals surface area contributed by atoms with Crippen molar-refractivity contribution in [2.45, 2.75) is 0 Å². The molecule has 0 aliphatic rings. The average molecular weight is 642 g/mol. The predicted molar refractivity (Wildman–Crippen MR) is 121 cm³/mol. The van der Waals surface area contributed by atoms with Crippen molar-refractivity contribution in [1.82, 2.24) is 0 Å². The topological polar surface area (TPSA) is 145 Å². The lowest BCUT2D eigenvalue weighted by Gasteiger charge is -2.05. The van der Waals surface area contributed by atoms with Gasteiger partial charge in [0.2, 0.25) is 0 Å². The fourth-order valence-electron chi connectivity index (χ4n) is 1.56. The highest BCUT2D eigenvalue weighted by atomic mass is 79.9. The number of benzene rings is 2. The first-order valence-electron chi connectivity index (χ1n) is 6.98. The Hall–Kier alpha value is -1.34. The molecule has 8 nitrogen and oxygen atoms in total. The van der Waals surface area contributed by atoms with Crippen LogP contribution in [-0.4, -0.2) is 47.8 Å². The molecule has 0 fully saturated rings. The van der Waals surface area contributed by atoms with Crippen molar-refractivity contribution >= 4 is 85.6 Å². The van der Waals surface area contributed by atoms with Gasteiger partial charge in [0.25, 0.3) is 0 Å². The van der Waals surface area contributed by atoms with E-state index in [0.29, 0.717) is 0 Å². The first kappa shape index (κ1) is 27.7. The molecule has 14 heteroatoms. The van der Waals surface area contributed by atoms with Gasteiger partial charge < -0.3 is 30.3 Å². The standard InChI is InChI=1S/C8H7ClO4.C7H5ClO4.BBr3/c1-13-6-3-4(8(11)12)2-5(9)7(6)10;8-4-1-3(7(11)12)2-5(9)6(4)10;2-1(3)4/h2-3,10H,1H3,(H,11,12);1-2,9-10H,(H,11,12);. The van der Waals surface area contributed by atoms with E-state index in [0.717, 1.165) is 18.2 Å². The third kappa shape index (κ3) is 9.81. The molecule has 5 N–H and O–H groups in total. The molecule has 0 saturated heterocycles. The molecule has 0 amide bonds. The number of carboxylic acid groups (broad SMARTS) is 2. The smallest absolute Gasteiger partial charge is 0.369 e. The second kappa shape index (κ2) is 13.1. The fourth-order valence-corrected chi connectivity index (χ4v) is 1.99. The van der Waals surface area contributed by atoms with Crippen LogP contribution in [0.25, 0.3) is 0 Å². The van der Waals surface area contributed by atoms with Gasteiger partial charge in [-0.1, -0.05) is 23.2 Å². The summed E-state index contributed by atoms with van der Waals surface area (Å²) in [4.78, 5) is 20.9. The Morgan fingerprint density at radius 2 is 1.24 bits per heavy atom. The van der Waals surface area contributed by atoms with Crippen LogP contribution in [0.4, 0.5) is 0 Å². The highest BCUT2D eigenvalue weighted by Gasteiger charge is 2.12. The lowest BCUT2D eigenvalue weighted by atomic mass is 10.2. The van der Waals surface area contributed by atoms with Crippen LogP contribution >= 0.6 is 70.5 Å². The minimum Gasteiger partial charge on any atom is -0.504 e. The molecule has 0 aliphatic heterocycles. The lowest BCUT2D eigenvalue weighted by molar-refractivity contribution is 0.0685. The van der Waals surface area contributed by atoms with Crippen LogP contribution in [0.3, 0.4) is 0 Å². The third-order valence-corrected chi connectivity index (χ3v) is 3.36. The van der Waals surface area contributed by atoms with E-state index in [1.165, 1.54) is 13.2 Å². The normalized spacial score (nSPS) is 9.31. The second-order valence-corrected chi connectivity index (χ2v) is 11.9. The third-order valence-electron chi connectivity index (χ3n) is 2.79. The summed E-state index contributed by atoms with van der Waals surface area (Å²) in [7, 11) is 1.32. The zero-order valence-corrected chi connectivity index (χ0v) is 20.5. The van der Waals surface area contributed by atoms with Crippen molar-refractivity contribution < 1.29 is 39.9 Å². The van der Waals surface area contributed by atoms with Crippen molar-refractivity contribution in [3.05, 3.63) is 45.4 Å². The number of halogens is 5. The Morgan fingerprint density at radius 3 is 1.59 bits per heavy atom.